The van der Waals surface area contributed by atoms with Gasteiger partial charge in [-0.2, -0.15) is 0 Å². The third-order valence-corrected chi connectivity index (χ3v) is 3.91. The van der Waals surface area contributed by atoms with Crippen LogP contribution in [0.4, 0.5) is 4.39 Å². The molecule has 1 heterocycles. The van der Waals surface area contributed by atoms with Crippen LogP contribution in [-0.4, -0.2) is 24.5 Å². The quantitative estimate of drug-likeness (QED) is 0.927. The second-order valence-corrected chi connectivity index (χ2v) is 5.14. The first kappa shape index (κ1) is 15.7. The summed E-state index contributed by atoms with van der Waals surface area (Å²) < 4.78 is 13.1. The van der Waals surface area contributed by atoms with Crippen molar-refractivity contribution in [3.05, 3.63) is 34.6 Å². The van der Waals surface area contributed by atoms with Gasteiger partial charge in [0.05, 0.1) is 5.02 Å². The van der Waals surface area contributed by atoms with Crippen LogP contribution < -0.4 is 5.73 Å². The van der Waals surface area contributed by atoms with E-state index in [9.17, 15) is 4.39 Å². The van der Waals surface area contributed by atoms with Crippen LogP contribution in [0.5, 0.6) is 0 Å². The van der Waals surface area contributed by atoms with Crippen LogP contribution in [0.2, 0.25) is 5.02 Å². The molecular formula is C13H19Cl2FN2. The fourth-order valence-corrected chi connectivity index (χ4v) is 2.58. The highest BCUT2D eigenvalue weighted by atomic mass is 35.5. The highest BCUT2D eigenvalue weighted by Crippen LogP contribution is 2.29. The van der Waals surface area contributed by atoms with Crippen LogP contribution in [0.3, 0.4) is 0 Å². The molecule has 0 aliphatic carbocycles. The topological polar surface area (TPSA) is 29.3 Å². The molecule has 2 nitrogen and oxygen atoms in total. The average molecular weight is 293 g/mol. The fraction of sp³-hybridized carbons (Fsp3) is 0.538. The highest BCUT2D eigenvalue weighted by Gasteiger charge is 2.26. The molecule has 1 aromatic carbocycles. The molecule has 0 aromatic heterocycles. The third kappa shape index (κ3) is 3.35. The van der Waals surface area contributed by atoms with Crippen LogP contribution in [0.25, 0.3) is 0 Å². The maximum absolute atomic E-state index is 13.1. The second kappa shape index (κ2) is 6.71. The molecule has 0 radical (unpaired) electrons. The van der Waals surface area contributed by atoms with E-state index in [1.54, 1.807) is 6.07 Å². The molecule has 2 N–H and O–H groups in total. The summed E-state index contributed by atoms with van der Waals surface area (Å²) in [4.78, 5) is 2.38. The minimum atomic E-state index is -0.358. The number of nitrogens with zero attached hydrogens (tertiary/aromatic N) is 1. The van der Waals surface area contributed by atoms with Crippen LogP contribution in [0.1, 0.15) is 24.9 Å². The van der Waals surface area contributed by atoms with Gasteiger partial charge >= 0.3 is 0 Å². The lowest BCUT2D eigenvalue weighted by Gasteiger charge is -2.24. The van der Waals surface area contributed by atoms with Gasteiger partial charge in [0.1, 0.15) is 5.82 Å². The van der Waals surface area contributed by atoms with Crippen LogP contribution in [-0.2, 0) is 0 Å². The molecule has 0 saturated carbocycles. The molecule has 0 bridgehead atoms. The Morgan fingerprint density at radius 1 is 1.56 bits per heavy atom. The SMILES string of the molecule is CC(c1ccc(F)c(Cl)c1)N1CCC(CN)C1.Cl. The number of likely N-dealkylation sites (tertiary alicyclic amines) is 1. The Morgan fingerprint density at radius 3 is 2.83 bits per heavy atom. The zero-order chi connectivity index (χ0) is 12.4. The molecule has 0 amide bonds. The Balaban J connectivity index is 0.00000162. The van der Waals surface area contributed by atoms with Crippen LogP contribution >= 0.6 is 24.0 Å². The monoisotopic (exact) mass is 292 g/mol. The summed E-state index contributed by atoms with van der Waals surface area (Å²) in [5.41, 5.74) is 6.75. The van der Waals surface area contributed by atoms with Gasteiger partial charge in [0, 0.05) is 12.6 Å². The Hall–Kier alpha value is -0.350. The number of rotatable bonds is 3. The predicted molar refractivity (Wildman–Crippen MR) is 75.8 cm³/mol. The molecule has 0 spiro atoms. The second-order valence-electron chi connectivity index (χ2n) is 4.73. The summed E-state index contributed by atoms with van der Waals surface area (Å²) in [5.74, 6) is 0.234. The minimum absolute atomic E-state index is 0. The molecule has 5 heteroatoms. The van der Waals surface area contributed by atoms with E-state index in [0.29, 0.717) is 5.92 Å². The van der Waals surface area contributed by atoms with E-state index in [1.165, 1.54) is 6.07 Å². The third-order valence-electron chi connectivity index (χ3n) is 3.62. The van der Waals surface area contributed by atoms with Gasteiger partial charge in [0.15, 0.2) is 0 Å². The number of halogens is 3. The molecule has 1 aromatic rings. The van der Waals surface area contributed by atoms with E-state index in [0.717, 1.165) is 31.6 Å². The van der Waals surface area contributed by atoms with Crippen molar-refractivity contribution in [2.24, 2.45) is 11.7 Å². The van der Waals surface area contributed by atoms with E-state index in [-0.39, 0.29) is 29.3 Å². The number of hydrogen-bond donors (Lipinski definition) is 1. The van der Waals surface area contributed by atoms with Gasteiger partial charge in [0.25, 0.3) is 0 Å². The molecular weight excluding hydrogens is 274 g/mol. The van der Waals surface area contributed by atoms with Gasteiger partial charge < -0.3 is 5.73 Å². The molecule has 18 heavy (non-hydrogen) atoms. The average Bonchev–Trinajstić information content (AvgIpc) is 2.80. The predicted octanol–water partition coefficient (Wildman–Crippen LogP) is 3.24. The lowest BCUT2D eigenvalue weighted by molar-refractivity contribution is 0.253. The fourth-order valence-electron chi connectivity index (χ4n) is 2.39. The Morgan fingerprint density at radius 2 is 2.28 bits per heavy atom. The maximum atomic E-state index is 13.1. The zero-order valence-corrected chi connectivity index (χ0v) is 12.0. The van der Waals surface area contributed by atoms with Crippen molar-refractivity contribution in [3.63, 3.8) is 0 Å². The van der Waals surface area contributed by atoms with E-state index in [2.05, 4.69) is 11.8 Å². The van der Waals surface area contributed by atoms with Gasteiger partial charge in [-0.3, -0.25) is 4.90 Å². The van der Waals surface area contributed by atoms with Crippen molar-refractivity contribution in [1.29, 1.82) is 0 Å². The van der Waals surface area contributed by atoms with Crippen LogP contribution in [0, 0.1) is 11.7 Å². The standard InChI is InChI=1S/C13H18ClFN2.ClH/c1-9(17-5-4-10(7-16)8-17)11-2-3-13(15)12(14)6-11;/h2-3,6,9-10H,4-5,7-8,16H2,1H3;1H. The Kier molecular flexibility index (Phi) is 5.86. The van der Waals surface area contributed by atoms with Crippen molar-refractivity contribution in [3.8, 4) is 0 Å². The smallest absolute Gasteiger partial charge is 0.141 e. The summed E-state index contributed by atoms with van der Waals surface area (Å²) in [7, 11) is 0. The van der Waals surface area contributed by atoms with Crippen molar-refractivity contribution in [1.82, 2.24) is 4.90 Å². The Labute approximate surface area is 119 Å². The van der Waals surface area contributed by atoms with E-state index >= 15 is 0 Å². The molecule has 1 saturated heterocycles. The normalized spacial score (nSPS) is 21.7. The molecule has 102 valence electrons. The molecule has 1 aliphatic heterocycles. The highest BCUT2D eigenvalue weighted by molar-refractivity contribution is 6.30. The lowest BCUT2D eigenvalue weighted by Crippen LogP contribution is -2.26. The zero-order valence-electron chi connectivity index (χ0n) is 10.4. The van der Waals surface area contributed by atoms with Gasteiger partial charge in [-0.25, -0.2) is 4.39 Å². The summed E-state index contributed by atoms with van der Waals surface area (Å²) in [6, 6.07) is 5.23. The molecule has 2 unspecified atom stereocenters. The van der Waals surface area contributed by atoms with Crippen LogP contribution in [0.15, 0.2) is 18.2 Å². The van der Waals surface area contributed by atoms with Gasteiger partial charge in [0.2, 0.25) is 0 Å². The van der Waals surface area contributed by atoms with Gasteiger partial charge in [-0.1, -0.05) is 17.7 Å². The number of nitrogens with two attached hydrogens (primary N) is 1. The largest absolute Gasteiger partial charge is 0.330 e. The van der Waals surface area contributed by atoms with E-state index < -0.39 is 0 Å². The van der Waals surface area contributed by atoms with Crippen molar-refractivity contribution in [2.75, 3.05) is 19.6 Å². The first-order valence-corrected chi connectivity index (χ1v) is 6.38. The van der Waals surface area contributed by atoms with E-state index in [4.69, 9.17) is 17.3 Å². The van der Waals surface area contributed by atoms with Crippen molar-refractivity contribution < 1.29 is 4.39 Å². The molecule has 1 aliphatic rings. The molecule has 1 fully saturated rings. The number of hydrogen-bond acceptors (Lipinski definition) is 2. The molecule has 2 atom stereocenters. The lowest BCUT2D eigenvalue weighted by atomic mass is 10.1. The summed E-state index contributed by atoms with van der Waals surface area (Å²) >= 11 is 5.81. The summed E-state index contributed by atoms with van der Waals surface area (Å²) in [6.45, 7) is 4.94. The van der Waals surface area contributed by atoms with Crippen molar-refractivity contribution in [2.45, 2.75) is 19.4 Å². The summed E-state index contributed by atoms with van der Waals surface area (Å²) in [6.07, 6.45) is 1.15. The minimum Gasteiger partial charge on any atom is -0.330 e. The first-order valence-electron chi connectivity index (χ1n) is 6.01. The summed E-state index contributed by atoms with van der Waals surface area (Å²) in [5, 5.41) is 0.198. The first-order chi connectivity index (χ1) is 8.11. The van der Waals surface area contributed by atoms with Gasteiger partial charge in [-0.05, 0) is 50.0 Å². The van der Waals surface area contributed by atoms with E-state index in [1.807, 2.05) is 6.07 Å². The Bertz CT molecular complexity index is 401. The number of benzene rings is 1. The maximum Gasteiger partial charge on any atom is 0.141 e. The van der Waals surface area contributed by atoms with Crippen molar-refractivity contribution >= 4 is 24.0 Å². The molecule has 2 rings (SSSR count). The van der Waals surface area contributed by atoms with Gasteiger partial charge in [-0.15, -0.1) is 12.4 Å².